The first-order valence-electron chi connectivity index (χ1n) is 8.51. The number of rotatable bonds is 5. The average molecular weight is 302 g/mol. The lowest BCUT2D eigenvalue weighted by atomic mass is 10.1. The van der Waals surface area contributed by atoms with E-state index < -0.39 is 0 Å². The van der Waals surface area contributed by atoms with Crippen LogP contribution in [0, 0.1) is 5.92 Å². The van der Waals surface area contributed by atoms with Crippen LogP contribution in [0.1, 0.15) is 36.5 Å². The van der Waals surface area contributed by atoms with E-state index in [1.165, 1.54) is 19.4 Å². The number of hydrogen-bond donors (Lipinski definition) is 0. The summed E-state index contributed by atoms with van der Waals surface area (Å²) in [6.07, 6.45) is 3.84. The van der Waals surface area contributed by atoms with E-state index in [0.717, 1.165) is 38.5 Å². The van der Waals surface area contributed by atoms with Crippen molar-refractivity contribution in [2.24, 2.45) is 5.92 Å². The lowest BCUT2D eigenvalue weighted by molar-refractivity contribution is 0.0757. The predicted octanol–water partition coefficient (Wildman–Crippen LogP) is 2.64. The Labute approximate surface area is 133 Å². The molecule has 1 heterocycles. The van der Waals surface area contributed by atoms with Gasteiger partial charge in [-0.1, -0.05) is 12.1 Å². The Morgan fingerprint density at radius 1 is 1.18 bits per heavy atom. The van der Waals surface area contributed by atoms with Gasteiger partial charge in [-0.2, -0.15) is 0 Å². The highest BCUT2D eigenvalue weighted by atomic mass is 16.5. The van der Waals surface area contributed by atoms with Gasteiger partial charge < -0.3 is 14.5 Å². The van der Waals surface area contributed by atoms with Gasteiger partial charge in [0.05, 0.1) is 12.2 Å². The highest BCUT2D eigenvalue weighted by Gasteiger charge is 2.27. The number of nitrogens with zero attached hydrogens (tertiary/aromatic N) is 2. The molecule has 0 bridgehead atoms. The van der Waals surface area contributed by atoms with E-state index >= 15 is 0 Å². The summed E-state index contributed by atoms with van der Waals surface area (Å²) in [7, 11) is 0. The topological polar surface area (TPSA) is 32.8 Å². The largest absolute Gasteiger partial charge is 0.493 e. The molecule has 1 aromatic rings. The van der Waals surface area contributed by atoms with Gasteiger partial charge in [-0.05, 0) is 50.8 Å². The predicted molar refractivity (Wildman–Crippen MR) is 87.3 cm³/mol. The van der Waals surface area contributed by atoms with E-state index in [0.29, 0.717) is 17.9 Å². The first-order chi connectivity index (χ1) is 10.8. The summed E-state index contributed by atoms with van der Waals surface area (Å²) in [5.41, 5.74) is 0.694. The second-order valence-corrected chi connectivity index (χ2v) is 6.32. The Morgan fingerprint density at radius 3 is 2.77 bits per heavy atom. The van der Waals surface area contributed by atoms with Gasteiger partial charge in [0.2, 0.25) is 0 Å². The van der Waals surface area contributed by atoms with Crippen LogP contribution in [0.3, 0.4) is 0 Å². The van der Waals surface area contributed by atoms with Crippen molar-refractivity contribution in [3.63, 3.8) is 0 Å². The molecule has 2 fully saturated rings. The Hall–Kier alpha value is -1.55. The molecule has 0 N–H and O–H groups in total. The van der Waals surface area contributed by atoms with Gasteiger partial charge in [-0.15, -0.1) is 0 Å². The Morgan fingerprint density at radius 2 is 2.00 bits per heavy atom. The zero-order valence-electron chi connectivity index (χ0n) is 13.5. The minimum atomic E-state index is 0.109. The smallest absolute Gasteiger partial charge is 0.257 e. The first-order valence-corrected chi connectivity index (χ1v) is 8.51. The lowest BCUT2D eigenvalue weighted by Crippen LogP contribution is -2.35. The summed E-state index contributed by atoms with van der Waals surface area (Å²) in [5.74, 6) is 1.73. The maximum atomic E-state index is 12.8. The van der Waals surface area contributed by atoms with Crippen molar-refractivity contribution >= 4 is 5.91 Å². The molecule has 4 nitrogen and oxygen atoms in total. The van der Waals surface area contributed by atoms with Crippen LogP contribution in [0.15, 0.2) is 24.3 Å². The molecule has 3 rings (SSSR count). The van der Waals surface area contributed by atoms with Crippen LogP contribution in [0.2, 0.25) is 0 Å². The molecule has 1 aliphatic heterocycles. The summed E-state index contributed by atoms with van der Waals surface area (Å²) >= 11 is 0. The van der Waals surface area contributed by atoms with Gasteiger partial charge in [-0.3, -0.25) is 4.79 Å². The van der Waals surface area contributed by atoms with Gasteiger partial charge in [-0.25, -0.2) is 0 Å². The summed E-state index contributed by atoms with van der Waals surface area (Å²) in [5, 5.41) is 0. The Bertz CT molecular complexity index is 514. The number of benzene rings is 1. The molecule has 0 unspecified atom stereocenters. The maximum absolute atomic E-state index is 12.8. The fraction of sp³-hybridized carbons (Fsp3) is 0.611. The van der Waals surface area contributed by atoms with E-state index in [2.05, 4.69) is 4.90 Å². The van der Waals surface area contributed by atoms with Gasteiger partial charge in [0, 0.05) is 26.2 Å². The number of amides is 1. The summed E-state index contributed by atoms with van der Waals surface area (Å²) in [4.78, 5) is 17.3. The van der Waals surface area contributed by atoms with Gasteiger partial charge in [0.25, 0.3) is 5.91 Å². The third-order valence-corrected chi connectivity index (χ3v) is 4.51. The summed E-state index contributed by atoms with van der Waals surface area (Å²) in [6.45, 7) is 7.54. The SMILES string of the molecule is CCOc1ccccc1C(=O)N1CCCN(CC2CC2)CC1. The number of para-hydroxylation sites is 1. The van der Waals surface area contributed by atoms with E-state index in [-0.39, 0.29) is 5.91 Å². The Balaban J connectivity index is 1.64. The third-order valence-electron chi connectivity index (χ3n) is 4.51. The molecule has 22 heavy (non-hydrogen) atoms. The Kier molecular flexibility index (Phi) is 4.98. The van der Waals surface area contributed by atoms with Crippen LogP contribution >= 0.6 is 0 Å². The molecule has 1 aromatic carbocycles. The molecule has 2 aliphatic rings. The highest BCUT2D eigenvalue weighted by molar-refractivity contribution is 5.97. The average Bonchev–Trinajstić information content (AvgIpc) is 3.36. The van der Waals surface area contributed by atoms with Crippen molar-refractivity contribution in [1.29, 1.82) is 0 Å². The molecule has 120 valence electrons. The van der Waals surface area contributed by atoms with Crippen molar-refractivity contribution in [1.82, 2.24) is 9.80 Å². The molecule has 1 aliphatic carbocycles. The number of hydrogen-bond acceptors (Lipinski definition) is 3. The molecular formula is C18H26N2O2. The number of carbonyl (C=O) groups excluding carboxylic acids is 1. The lowest BCUT2D eigenvalue weighted by Gasteiger charge is -2.23. The molecule has 0 radical (unpaired) electrons. The normalized spacial score (nSPS) is 19.8. The van der Waals surface area contributed by atoms with Crippen LogP contribution in [-0.2, 0) is 0 Å². The van der Waals surface area contributed by atoms with E-state index in [1.807, 2.05) is 36.1 Å². The zero-order valence-corrected chi connectivity index (χ0v) is 13.5. The highest BCUT2D eigenvalue weighted by Crippen LogP contribution is 2.30. The molecule has 0 aromatic heterocycles. The third kappa shape index (κ3) is 3.80. The van der Waals surface area contributed by atoms with Crippen molar-refractivity contribution in [3.8, 4) is 5.75 Å². The van der Waals surface area contributed by atoms with Crippen LogP contribution in [-0.4, -0.2) is 55.0 Å². The second kappa shape index (κ2) is 7.14. The number of ether oxygens (including phenoxy) is 1. The minimum Gasteiger partial charge on any atom is -0.493 e. The molecule has 4 heteroatoms. The minimum absolute atomic E-state index is 0.109. The summed E-state index contributed by atoms with van der Waals surface area (Å²) < 4.78 is 5.60. The quantitative estimate of drug-likeness (QED) is 0.838. The fourth-order valence-corrected chi connectivity index (χ4v) is 3.12. The fourth-order valence-electron chi connectivity index (χ4n) is 3.12. The van der Waals surface area contributed by atoms with Crippen LogP contribution < -0.4 is 4.74 Å². The molecular weight excluding hydrogens is 276 g/mol. The first kappa shape index (κ1) is 15.3. The number of carbonyl (C=O) groups is 1. The summed E-state index contributed by atoms with van der Waals surface area (Å²) in [6, 6.07) is 7.59. The molecule has 0 atom stereocenters. The van der Waals surface area contributed by atoms with Gasteiger partial charge in [0.1, 0.15) is 5.75 Å². The van der Waals surface area contributed by atoms with Crippen molar-refractivity contribution in [3.05, 3.63) is 29.8 Å². The van der Waals surface area contributed by atoms with Crippen molar-refractivity contribution in [2.75, 3.05) is 39.3 Å². The molecule has 1 amide bonds. The van der Waals surface area contributed by atoms with Crippen LogP contribution in [0.4, 0.5) is 0 Å². The molecule has 0 spiro atoms. The standard InChI is InChI=1S/C18H26N2O2/c1-2-22-17-7-4-3-6-16(17)18(21)20-11-5-10-19(12-13-20)14-15-8-9-15/h3-4,6-7,15H,2,5,8-14H2,1H3. The maximum Gasteiger partial charge on any atom is 0.257 e. The van der Waals surface area contributed by atoms with E-state index in [4.69, 9.17) is 4.74 Å². The van der Waals surface area contributed by atoms with Crippen molar-refractivity contribution in [2.45, 2.75) is 26.2 Å². The van der Waals surface area contributed by atoms with Gasteiger partial charge in [0.15, 0.2) is 0 Å². The molecule has 1 saturated heterocycles. The van der Waals surface area contributed by atoms with E-state index in [1.54, 1.807) is 0 Å². The van der Waals surface area contributed by atoms with Crippen LogP contribution in [0.25, 0.3) is 0 Å². The second-order valence-electron chi connectivity index (χ2n) is 6.32. The van der Waals surface area contributed by atoms with Crippen molar-refractivity contribution < 1.29 is 9.53 Å². The molecule has 1 saturated carbocycles. The van der Waals surface area contributed by atoms with Gasteiger partial charge >= 0.3 is 0 Å². The monoisotopic (exact) mass is 302 g/mol. The van der Waals surface area contributed by atoms with E-state index in [9.17, 15) is 4.79 Å². The van der Waals surface area contributed by atoms with Crippen LogP contribution in [0.5, 0.6) is 5.75 Å². The zero-order chi connectivity index (χ0) is 15.4.